The van der Waals surface area contributed by atoms with Crippen LogP contribution in [0.15, 0.2) is 24.5 Å². The smallest absolute Gasteiger partial charge is 0.311 e. The Hall–Kier alpha value is -1.84. The third-order valence-electron chi connectivity index (χ3n) is 2.75. The van der Waals surface area contributed by atoms with E-state index in [1.165, 1.54) is 0 Å². The van der Waals surface area contributed by atoms with Crippen LogP contribution in [0, 0.1) is 5.92 Å². The van der Waals surface area contributed by atoms with Gasteiger partial charge in [-0.05, 0) is 23.6 Å². The predicted molar refractivity (Wildman–Crippen MR) is 61.3 cm³/mol. The van der Waals surface area contributed by atoms with Crippen LogP contribution in [0.2, 0.25) is 0 Å². The van der Waals surface area contributed by atoms with Crippen molar-refractivity contribution in [1.82, 2.24) is 9.97 Å². The maximum Gasteiger partial charge on any atom is 0.311 e. The average molecular weight is 218 g/mol. The monoisotopic (exact) mass is 218 g/mol. The molecule has 1 atom stereocenters. The third-order valence-corrected chi connectivity index (χ3v) is 2.75. The Morgan fingerprint density at radius 1 is 1.50 bits per heavy atom. The van der Waals surface area contributed by atoms with E-state index in [9.17, 15) is 9.90 Å². The first-order valence-corrected chi connectivity index (χ1v) is 5.26. The van der Waals surface area contributed by atoms with Gasteiger partial charge in [0, 0.05) is 17.8 Å². The summed E-state index contributed by atoms with van der Waals surface area (Å²) in [6, 6.07) is 3.71. The van der Waals surface area contributed by atoms with E-state index in [0.717, 1.165) is 16.6 Å². The molecule has 84 valence electrons. The molecule has 4 heteroatoms. The van der Waals surface area contributed by atoms with E-state index in [1.54, 1.807) is 12.4 Å². The minimum absolute atomic E-state index is 0.0525. The number of carboxylic acids is 1. The fourth-order valence-corrected chi connectivity index (χ4v) is 2.01. The van der Waals surface area contributed by atoms with Gasteiger partial charge in [0.15, 0.2) is 0 Å². The fraction of sp³-hybridized carbons (Fsp3) is 0.333. The van der Waals surface area contributed by atoms with Crippen molar-refractivity contribution in [2.24, 2.45) is 5.92 Å². The Balaban J connectivity index is 2.57. The Morgan fingerprint density at radius 3 is 2.88 bits per heavy atom. The lowest BCUT2D eigenvalue weighted by Crippen LogP contribution is -2.17. The second kappa shape index (κ2) is 3.96. The summed E-state index contributed by atoms with van der Waals surface area (Å²) in [6.45, 7) is 3.82. The molecule has 4 nitrogen and oxygen atoms in total. The number of aliphatic carboxylic acids is 1. The van der Waals surface area contributed by atoms with Gasteiger partial charge in [-0.15, -0.1) is 0 Å². The fourth-order valence-electron chi connectivity index (χ4n) is 2.01. The number of fused-ring (bicyclic) bond motifs is 1. The minimum Gasteiger partial charge on any atom is -0.481 e. The van der Waals surface area contributed by atoms with Gasteiger partial charge < -0.3 is 10.1 Å². The molecule has 0 saturated heterocycles. The van der Waals surface area contributed by atoms with Crippen LogP contribution in [0.25, 0.3) is 11.0 Å². The van der Waals surface area contributed by atoms with Crippen molar-refractivity contribution >= 4 is 17.0 Å². The Morgan fingerprint density at radius 2 is 2.25 bits per heavy atom. The molecule has 0 saturated carbocycles. The summed E-state index contributed by atoms with van der Waals surface area (Å²) in [5.74, 6) is -1.23. The Bertz CT molecular complexity index is 516. The molecular weight excluding hydrogens is 204 g/mol. The number of nitrogens with one attached hydrogen (secondary N) is 1. The van der Waals surface area contributed by atoms with E-state index < -0.39 is 11.9 Å². The lowest BCUT2D eigenvalue weighted by Gasteiger charge is -2.15. The highest BCUT2D eigenvalue weighted by atomic mass is 16.4. The van der Waals surface area contributed by atoms with Crippen LogP contribution in [-0.2, 0) is 4.79 Å². The maximum absolute atomic E-state index is 11.2. The van der Waals surface area contributed by atoms with E-state index in [1.807, 2.05) is 26.0 Å². The van der Waals surface area contributed by atoms with Crippen molar-refractivity contribution in [2.45, 2.75) is 19.8 Å². The first-order chi connectivity index (χ1) is 7.61. The second-order valence-corrected chi connectivity index (χ2v) is 4.20. The van der Waals surface area contributed by atoms with Gasteiger partial charge in [0.25, 0.3) is 0 Å². The van der Waals surface area contributed by atoms with E-state index in [0.29, 0.717) is 0 Å². The number of rotatable bonds is 3. The number of carbonyl (C=O) groups is 1. The number of carboxylic acid groups (broad SMARTS) is 1. The van der Waals surface area contributed by atoms with Crippen molar-refractivity contribution in [3.05, 3.63) is 30.1 Å². The zero-order valence-electron chi connectivity index (χ0n) is 9.27. The molecule has 2 aromatic heterocycles. The number of pyridine rings is 1. The van der Waals surface area contributed by atoms with E-state index >= 15 is 0 Å². The molecule has 16 heavy (non-hydrogen) atoms. The summed E-state index contributed by atoms with van der Waals surface area (Å²) >= 11 is 0. The van der Waals surface area contributed by atoms with Gasteiger partial charge in [0.2, 0.25) is 0 Å². The lowest BCUT2D eigenvalue weighted by atomic mass is 9.89. The number of aromatic amines is 1. The molecule has 0 aliphatic carbocycles. The number of hydrogen-bond donors (Lipinski definition) is 2. The second-order valence-electron chi connectivity index (χ2n) is 4.20. The van der Waals surface area contributed by atoms with Crippen molar-refractivity contribution in [3.63, 3.8) is 0 Å². The van der Waals surface area contributed by atoms with Gasteiger partial charge >= 0.3 is 5.97 Å². The molecule has 0 bridgehead atoms. The molecular formula is C12H14N2O2. The highest BCUT2D eigenvalue weighted by molar-refractivity contribution is 5.87. The topological polar surface area (TPSA) is 66.0 Å². The van der Waals surface area contributed by atoms with Gasteiger partial charge in [-0.1, -0.05) is 13.8 Å². The third kappa shape index (κ3) is 1.66. The summed E-state index contributed by atoms with van der Waals surface area (Å²) in [5, 5.41) is 10.1. The summed E-state index contributed by atoms with van der Waals surface area (Å²) < 4.78 is 0. The van der Waals surface area contributed by atoms with E-state index in [2.05, 4.69) is 9.97 Å². The van der Waals surface area contributed by atoms with Gasteiger partial charge in [0.1, 0.15) is 5.65 Å². The molecule has 0 aliphatic rings. The molecule has 2 rings (SSSR count). The van der Waals surface area contributed by atoms with Gasteiger partial charge in [0.05, 0.1) is 5.92 Å². The first kappa shape index (κ1) is 10.7. The van der Waals surface area contributed by atoms with Crippen molar-refractivity contribution in [1.29, 1.82) is 0 Å². The molecule has 0 radical (unpaired) electrons. The maximum atomic E-state index is 11.2. The van der Waals surface area contributed by atoms with Gasteiger partial charge in [-0.3, -0.25) is 4.79 Å². The first-order valence-electron chi connectivity index (χ1n) is 5.26. The summed E-state index contributed by atoms with van der Waals surface area (Å²) in [7, 11) is 0. The Kier molecular flexibility index (Phi) is 2.64. The molecule has 0 amide bonds. The van der Waals surface area contributed by atoms with Crippen LogP contribution in [0.4, 0.5) is 0 Å². The predicted octanol–water partition coefficient (Wildman–Crippen LogP) is 2.39. The lowest BCUT2D eigenvalue weighted by molar-refractivity contribution is -0.139. The zero-order chi connectivity index (χ0) is 11.7. The molecule has 0 aliphatic heterocycles. The molecule has 1 unspecified atom stereocenters. The normalized spacial score (nSPS) is 13.2. The Labute approximate surface area is 93.3 Å². The summed E-state index contributed by atoms with van der Waals surface area (Å²) in [4.78, 5) is 18.4. The van der Waals surface area contributed by atoms with E-state index in [4.69, 9.17) is 0 Å². The highest BCUT2D eigenvalue weighted by Crippen LogP contribution is 2.30. The quantitative estimate of drug-likeness (QED) is 0.831. The van der Waals surface area contributed by atoms with Crippen LogP contribution in [-0.4, -0.2) is 21.0 Å². The molecule has 0 spiro atoms. The molecule has 0 aromatic carbocycles. The number of nitrogens with zero attached hydrogens (tertiary/aromatic N) is 1. The number of hydrogen-bond acceptors (Lipinski definition) is 2. The summed E-state index contributed by atoms with van der Waals surface area (Å²) in [5.41, 5.74) is 1.55. The molecule has 2 aromatic rings. The molecule has 2 heterocycles. The minimum atomic E-state index is -0.792. The van der Waals surface area contributed by atoms with E-state index in [-0.39, 0.29) is 5.92 Å². The SMILES string of the molecule is CC(C)C(C(=O)O)c1c[nH]c2ncccc12. The average Bonchev–Trinajstić information content (AvgIpc) is 2.61. The summed E-state index contributed by atoms with van der Waals surface area (Å²) in [6.07, 6.45) is 3.43. The van der Waals surface area contributed by atoms with Crippen LogP contribution in [0.3, 0.4) is 0 Å². The number of H-pyrrole nitrogens is 1. The highest BCUT2D eigenvalue weighted by Gasteiger charge is 2.26. The van der Waals surface area contributed by atoms with Crippen LogP contribution in [0.5, 0.6) is 0 Å². The van der Waals surface area contributed by atoms with Gasteiger partial charge in [-0.2, -0.15) is 0 Å². The zero-order valence-corrected chi connectivity index (χ0v) is 9.27. The van der Waals surface area contributed by atoms with Crippen LogP contribution in [0.1, 0.15) is 25.3 Å². The standard InChI is InChI=1S/C12H14N2O2/c1-7(2)10(12(15)16)9-6-14-11-8(9)4-3-5-13-11/h3-7,10H,1-2H3,(H,13,14)(H,15,16). The van der Waals surface area contributed by atoms with Gasteiger partial charge in [-0.25, -0.2) is 4.98 Å². The van der Waals surface area contributed by atoms with Crippen LogP contribution < -0.4 is 0 Å². The van der Waals surface area contributed by atoms with Crippen molar-refractivity contribution in [3.8, 4) is 0 Å². The molecule has 2 N–H and O–H groups in total. The van der Waals surface area contributed by atoms with Crippen LogP contribution >= 0.6 is 0 Å². The van der Waals surface area contributed by atoms with Crippen molar-refractivity contribution < 1.29 is 9.90 Å². The molecule has 0 fully saturated rings. The number of aromatic nitrogens is 2. The largest absolute Gasteiger partial charge is 0.481 e. The van der Waals surface area contributed by atoms with Crippen molar-refractivity contribution in [2.75, 3.05) is 0 Å².